The van der Waals surface area contributed by atoms with Crippen LogP contribution in [0, 0.1) is 0 Å². The maximum atomic E-state index is 11.8. The Balaban J connectivity index is 3.86. The zero-order valence-corrected chi connectivity index (χ0v) is 10.3. The number of rotatable bonds is 6. The van der Waals surface area contributed by atoms with Crippen LogP contribution in [-0.4, -0.2) is 42.2 Å². The Morgan fingerprint density at radius 3 is 2.47 bits per heavy atom. The summed E-state index contributed by atoms with van der Waals surface area (Å²) in [6, 6.07) is 0. The van der Waals surface area contributed by atoms with Crippen LogP contribution in [0.4, 0.5) is 13.2 Å². The molecule has 0 aromatic rings. The van der Waals surface area contributed by atoms with Crippen LogP contribution < -0.4 is 5.32 Å². The van der Waals surface area contributed by atoms with Crippen molar-refractivity contribution < 1.29 is 27.5 Å². The number of amides is 1. The number of halogens is 3. The van der Waals surface area contributed by atoms with E-state index < -0.39 is 29.8 Å². The topological polar surface area (TPSA) is 55.4 Å². The number of hydrogen-bond donors (Lipinski definition) is 1. The lowest BCUT2D eigenvalue weighted by Crippen LogP contribution is -2.38. The highest BCUT2D eigenvalue weighted by Gasteiger charge is 2.28. The highest BCUT2D eigenvalue weighted by molar-refractivity contribution is 8.01. The summed E-state index contributed by atoms with van der Waals surface area (Å²) in [5.74, 6) is -1.31. The number of thioether (sulfide) groups is 1. The lowest BCUT2D eigenvalue weighted by Gasteiger charge is -2.12. The largest absolute Gasteiger partial charge is 0.465 e. The molecule has 0 spiro atoms. The predicted octanol–water partition coefficient (Wildman–Crippen LogP) is 1.35. The van der Waals surface area contributed by atoms with E-state index in [-0.39, 0.29) is 12.4 Å². The van der Waals surface area contributed by atoms with Gasteiger partial charge in [0.25, 0.3) is 0 Å². The van der Waals surface area contributed by atoms with Gasteiger partial charge in [-0.15, -0.1) is 11.8 Å². The van der Waals surface area contributed by atoms with Crippen molar-refractivity contribution in [2.45, 2.75) is 25.3 Å². The molecule has 0 aliphatic carbocycles. The molecule has 0 saturated carbocycles. The van der Waals surface area contributed by atoms with Crippen molar-refractivity contribution in [3.05, 3.63) is 0 Å². The molecule has 0 aliphatic heterocycles. The van der Waals surface area contributed by atoms with Gasteiger partial charge in [0.1, 0.15) is 6.54 Å². The summed E-state index contributed by atoms with van der Waals surface area (Å²) in [6.45, 7) is 1.93. The minimum atomic E-state index is -4.43. The number of ether oxygens (including phenoxy) is 1. The Hall–Kier alpha value is -0.920. The molecule has 1 amide bonds. The zero-order chi connectivity index (χ0) is 13.5. The summed E-state index contributed by atoms with van der Waals surface area (Å²) >= 11 is 0.929. The second-order valence-electron chi connectivity index (χ2n) is 3.09. The van der Waals surface area contributed by atoms with E-state index in [1.165, 1.54) is 6.92 Å². The third kappa shape index (κ3) is 8.84. The van der Waals surface area contributed by atoms with Gasteiger partial charge in [0.2, 0.25) is 5.91 Å². The Morgan fingerprint density at radius 2 is 2.00 bits per heavy atom. The Labute approximate surface area is 101 Å². The van der Waals surface area contributed by atoms with Crippen molar-refractivity contribution in [2.24, 2.45) is 0 Å². The van der Waals surface area contributed by atoms with Gasteiger partial charge in [-0.2, -0.15) is 13.2 Å². The first kappa shape index (κ1) is 16.1. The first-order valence-electron chi connectivity index (χ1n) is 4.88. The average molecular weight is 273 g/mol. The van der Waals surface area contributed by atoms with Crippen LogP contribution in [0.15, 0.2) is 0 Å². The Kier molecular flexibility index (Phi) is 7.01. The van der Waals surface area contributed by atoms with Gasteiger partial charge in [0.05, 0.1) is 17.6 Å². The lowest BCUT2D eigenvalue weighted by atomic mass is 10.4. The van der Waals surface area contributed by atoms with Gasteiger partial charge < -0.3 is 10.1 Å². The van der Waals surface area contributed by atoms with E-state index in [9.17, 15) is 22.8 Å². The monoisotopic (exact) mass is 273 g/mol. The van der Waals surface area contributed by atoms with Gasteiger partial charge in [0, 0.05) is 0 Å². The molecule has 0 fully saturated rings. The number of hydrogen-bond acceptors (Lipinski definition) is 4. The van der Waals surface area contributed by atoms with Crippen LogP contribution in [0.1, 0.15) is 13.8 Å². The standard InChI is InChI=1S/C9H14F3NO3S/c1-3-16-7(14)4-17-6(2)8(15)13-5-9(10,11)12/h6H,3-5H2,1-2H3,(H,13,15). The second-order valence-corrected chi connectivity index (χ2v) is 4.42. The molecule has 0 aromatic heterocycles. The molecule has 0 aliphatic rings. The van der Waals surface area contributed by atoms with Crippen molar-refractivity contribution in [3.8, 4) is 0 Å². The van der Waals surface area contributed by atoms with E-state index in [1.807, 2.05) is 0 Å². The van der Waals surface area contributed by atoms with Gasteiger partial charge in [-0.25, -0.2) is 0 Å². The van der Waals surface area contributed by atoms with E-state index >= 15 is 0 Å². The first-order chi connectivity index (χ1) is 7.76. The van der Waals surface area contributed by atoms with Gasteiger partial charge >= 0.3 is 12.1 Å². The normalized spacial score (nSPS) is 13.0. The number of esters is 1. The van der Waals surface area contributed by atoms with Crippen LogP contribution in [0.3, 0.4) is 0 Å². The molecule has 0 saturated heterocycles. The molecule has 100 valence electrons. The fourth-order valence-electron chi connectivity index (χ4n) is 0.802. The van der Waals surface area contributed by atoms with Crippen LogP contribution in [0.2, 0.25) is 0 Å². The minimum absolute atomic E-state index is 0.0611. The predicted molar refractivity (Wildman–Crippen MR) is 57.6 cm³/mol. The van der Waals surface area contributed by atoms with Crippen molar-refractivity contribution in [3.63, 3.8) is 0 Å². The van der Waals surface area contributed by atoms with E-state index in [0.717, 1.165) is 11.8 Å². The van der Waals surface area contributed by atoms with Crippen molar-refractivity contribution >= 4 is 23.6 Å². The average Bonchev–Trinajstić information content (AvgIpc) is 2.22. The molecule has 0 bridgehead atoms. The van der Waals surface area contributed by atoms with Gasteiger partial charge in [0.15, 0.2) is 0 Å². The molecule has 1 N–H and O–H groups in total. The molecule has 1 atom stereocenters. The number of nitrogens with one attached hydrogen (secondary N) is 1. The molecule has 4 nitrogen and oxygen atoms in total. The third-order valence-corrected chi connectivity index (χ3v) is 2.71. The minimum Gasteiger partial charge on any atom is -0.465 e. The Bertz CT molecular complexity index is 271. The highest BCUT2D eigenvalue weighted by Crippen LogP contribution is 2.14. The first-order valence-corrected chi connectivity index (χ1v) is 5.92. The maximum Gasteiger partial charge on any atom is 0.405 e. The SMILES string of the molecule is CCOC(=O)CSC(C)C(=O)NCC(F)(F)F. The fourth-order valence-corrected chi connectivity index (χ4v) is 1.51. The van der Waals surface area contributed by atoms with Gasteiger partial charge in [-0.05, 0) is 13.8 Å². The zero-order valence-electron chi connectivity index (χ0n) is 9.47. The summed E-state index contributed by atoms with van der Waals surface area (Å²) in [5, 5.41) is 1.01. The highest BCUT2D eigenvalue weighted by atomic mass is 32.2. The van der Waals surface area contributed by atoms with Crippen LogP contribution in [-0.2, 0) is 14.3 Å². The van der Waals surface area contributed by atoms with E-state index in [4.69, 9.17) is 0 Å². The number of carbonyl (C=O) groups is 2. The van der Waals surface area contributed by atoms with Crippen LogP contribution >= 0.6 is 11.8 Å². The van der Waals surface area contributed by atoms with E-state index in [0.29, 0.717) is 0 Å². The molecule has 0 radical (unpaired) electrons. The molecule has 1 unspecified atom stereocenters. The quantitative estimate of drug-likeness (QED) is 0.742. The Morgan fingerprint density at radius 1 is 1.41 bits per heavy atom. The number of alkyl halides is 3. The maximum absolute atomic E-state index is 11.8. The molecule has 0 heterocycles. The van der Waals surface area contributed by atoms with Crippen LogP contribution in [0.5, 0.6) is 0 Å². The lowest BCUT2D eigenvalue weighted by molar-refractivity contribution is -0.140. The fraction of sp³-hybridized carbons (Fsp3) is 0.778. The summed E-state index contributed by atoms with van der Waals surface area (Å²) in [7, 11) is 0. The molecular weight excluding hydrogens is 259 g/mol. The summed E-state index contributed by atoms with van der Waals surface area (Å²) in [5.41, 5.74) is 0. The second kappa shape index (κ2) is 7.41. The van der Waals surface area contributed by atoms with Crippen molar-refractivity contribution in [1.82, 2.24) is 5.32 Å². The van der Waals surface area contributed by atoms with E-state index in [2.05, 4.69) is 4.74 Å². The third-order valence-electron chi connectivity index (χ3n) is 1.59. The van der Waals surface area contributed by atoms with Gasteiger partial charge in [-0.3, -0.25) is 9.59 Å². The molecule has 0 rings (SSSR count). The summed E-state index contributed by atoms with van der Waals surface area (Å²) < 4.78 is 40.0. The molecular formula is C9H14F3NO3S. The van der Waals surface area contributed by atoms with E-state index in [1.54, 1.807) is 12.2 Å². The molecule has 8 heteroatoms. The van der Waals surface area contributed by atoms with Crippen molar-refractivity contribution in [2.75, 3.05) is 18.9 Å². The van der Waals surface area contributed by atoms with Crippen molar-refractivity contribution in [1.29, 1.82) is 0 Å². The molecule has 0 aromatic carbocycles. The summed E-state index contributed by atoms with van der Waals surface area (Å²) in [4.78, 5) is 22.1. The van der Waals surface area contributed by atoms with Gasteiger partial charge in [-0.1, -0.05) is 0 Å². The summed E-state index contributed by atoms with van der Waals surface area (Å²) in [6.07, 6.45) is -4.43. The number of carbonyl (C=O) groups excluding carboxylic acids is 2. The smallest absolute Gasteiger partial charge is 0.405 e. The van der Waals surface area contributed by atoms with Crippen LogP contribution in [0.25, 0.3) is 0 Å². The molecule has 17 heavy (non-hydrogen) atoms.